The number of benzene rings is 2. The first-order chi connectivity index (χ1) is 15.0. The van der Waals surface area contributed by atoms with Crippen LogP contribution in [0.1, 0.15) is 55.7 Å². The number of rotatable bonds is 7. The molecule has 0 saturated heterocycles. The van der Waals surface area contributed by atoms with Crippen LogP contribution in [0.3, 0.4) is 0 Å². The Labute approximate surface area is 186 Å². The van der Waals surface area contributed by atoms with Gasteiger partial charge in [0.2, 0.25) is 0 Å². The van der Waals surface area contributed by atoms with E-state index in [1.807, 2.05) is 0 Å². The fourth-order valence-corrected chi connectivity index (χ4v) is 4.91. The lowest BCUT2D eigenvalue weighted by Crippen LogP contribution is -2.36. The molecule has 4 heteroatoms. The van der Waals surface area contributed by atoms with Crippen molar-refractivity contribution in [1.82, 2.24) is 4.90 Å². The second-order valence-electron chi connectivity index (χ2n) is 8.99. The second-order valence-corrected chi connectivity index (χ2v) is 8.99. The topological polar surface area (TPSA) is 30.9 Å². The second kappa shape index (κ2) is 9.46. The van der Waals surface area contributed by atoms with Crippen molar-refractivity contribution in [3.8, 4) is 11.5 Å². The Hall–Kier alpha value is -2.30. The Morgan fingerprint density at radius 3 is 2.52 bits per heavy atom. The first-order valence-corrected chi connectivity index (χ1v) is 11.4. The largest absolute Gasteiger partial charge is 0.493 e. The molecule has 31 heavy (non-hydrogen) atoms. The van der Waals surface area contributed by atoms with Crippen molar-refractivity contribution in [2.45, 2.75) is 44.6 Å². The van der Waals surface area contributed by atoms with Crippen LogP contribution in [0.25, 0.3) is 5.57 Å². The maximum atomic E-state index is 6.41. The molecule has 2 aromatic rings. The average Bonchev–Trinajstić information content (AvgIpc) is 2.82. The van der Waals surface area contributed by atoms with Crippen LogP contribution in [0.15, 0.2) is 48.5 Å². The third kappa shape index (κ3) is 4.65. The molecule has 0 amide bonds. The zero-order chi connectivity index (χ0) is 21.8. The van der Waals surface area contributed by atoms with Gasteiger partial charge in [0.1, 0.15) is 0 Å². The van der Waals surface area contributed by atoms with Gasteiger partial charge < -0.3 is 14.2 Å². The molecule has 0 N–H and O–H groups in total. The lowest BCUT2D eigenvalue weighted by atomic mass is 9.80. The van der Waals surface area contributed by atoms with E-state index in [0.29, 0.717) is 5.92 Å². The Morgan fingerprint density at radius 1 is 1.10 bits per heavy atom. The van der Waals surface area contributed by atoms with E-state index < -0.39 is 0 Å². The van der Waals surface area contributed by atoms with Gasteiger partial charge in [-0.05, 0) is 67.1 Å². The lowest BCUT2D eigenvalue weighted by molar-refractivity contribution is -0.0628. The summed E-state index contributed by atoms with van der Waals surface area (Å²) in [5.74, 6) is 1.93. The van der Waals surface area contributed by atoms with E-state index in [-0.39, 0.29) is 5.60 Å². The molecule has 2 aliphatic rings. The fraction of sp³-hybridized carbons (Fsp3) is 0.481. The summed E-state index contributed by atoms with van der Waals surface area (Å²) in [5.41, 5.74) is 5.11. The third-order valence-electron chi connectivity index (χ3n) is 6.87. The highest BCUT2D eigenvalue weighted by atomic mass is 16.5. The minimum Gasteiger partial charge on any atom is -0.493 e. The van der Waals surface area contributed by atoms with Gasteiger partial charge in [-0.15, -0.1) is 0 Å². The van der Waals surface area contributed by atoms with Crippen molar-refractivity contribution in [2.24, 2.45) is 0 Å². The van der Waals surface area contributed by atoms with E-state index in [1.54, 1.807) is 14.2 Å². The standard InChI is InChI=1S/C27H35NO3/c1-20-19-31-27(2,24-18-26(30-4)25(29-3)17-23(20)24)13-8-14-28-15-11-22(12-16-28)21-9-6-5-7-10-21/h5-7,9-11,17-18,20H,8,12-16,19H2,1-4H3. The molecular weight excluding hydrogens is 386 g/mol. The Morgan fingerprint density at radius 2 is 1.84 bits per heavy atom. The summed E-state index contributed by atoms with van der Waals surface area (Å²) in [5, 5.41) is 0. The van der Waals surface area contributed by atoms with Crippen molar-refractivity contribution in [1.29, 1.82) is 0 Å². The molecule has 4 nitrogen and oxygen atoms in total. The molecule has 0 fully saturated rings. The van der Waals surface area contributed by atoms with Crippen molar-refractivity contribution in [2.75, 3.05) is 40.5 Å². The molecule has 0 aromatic heterocycles. The van der Waals surface area contributed by atoms with Gasteiger partial charge in [0, 0.05) is 19.0 Å². The molecule has 0 spiro atoms. The molecule has 2 heterocycles. The Balaban J connectivity index is 1.40. The van der Waals surface area contributed by atoms with Crippen LogP contribution in [0.4, 0.5) is 0 Å². The molecule has 2 unspecified atom stereocenters. The van der Waals surface area contributed by atoms with E-state index in [1.165, 1.54) is 22.3 Å². The van der Waals surface area contributed by atoms with Crippen LogP contribution in [0, 0.1) is 0 Å². The van der Waals surface area contributed by atoms with Crippen molar-refractivity contribution >= 4 is 5.57 Å². The van der Waals surface area contributed by atoms with Crippen LogP contribution < -0.4 is 9.47 Å². The normalized spacial score (nSPS) is 23.7. The third-order valence-corrected chi connectivity index (χ3v) is 6.87. The number of hydrogen-bond acceptors (Lipinski definition) is 4. The van der Waals surface area contributed by atoms with E-state index in [4.69, 9.17) is 14.2 Å². The zero-order valence-electron chi connectivity index (χ0n) is 19.3. The van der Waals surface area contributed by atoms with Gasteiger partial charge in [0.25, 0.3) is 0 Å². The zero-order valence-corrected chi connectivity index (χ0v) is 19.3. The van der Waals surface area contributed by atoms with Crippen LogP contribution in [0.5, 0.6) is 11.5 Å². The molecule has 0 radical (unpaired) electrons. The van der Waals surface area contributed by atoms with E-state index in [2.05, 4.69) is 67.3 Å². The smallest absolute Gasteiger partial charge is 0.161 e. The van der Waals surface area contributed by atoms with Gasteiger partial charge >= 0.3 is 0 Å². The van der Waals surface area contributed by atoms with E-state index >= 15 is 0 Å². The van der Waals surface area contributed by atoms with Gasteiger partial charge in [0.05, 0.1) is 26.4 Å². The number of hydrogen-bond donors (Lipinski definition) is 0. The molecular formula is C27H35NO3. The SMILES string of the molecule is COc1cc2c(cc1OC)C(C)(CCCN1CC=C(c3ccccc3)CC1)OCC2C. The molecule has 2 aliphatic heterocycles. The summed E-state index contributed by atoms with van der Waals surface area (Å²) in [6.07, 6.45) is 5.61. The van der Waals surface area contributed by atoms with Gasteiger partial charge in [-0.3, -0.25) is 4.90 Å². The monoisotopic (exact) mass is 421 g/mol. The first-order valence-electron chi connectivity index (χ1n) is 11.4. The molecule has 166 valence electrons. The Kier molecular flexibility index (Phi) is 6.68. The molecule has 2 aromatic carbocycles. The predicted octanol–water partition coefficient (Wildman–Crippen LogP) is 5.62. The fourth-order valence-electron chi connectivity index (χ4n) is 4.91. The summed E-state index contributed by atoms with van der Waals surface area (Å²) >= 11 is 0. The first kappa shape index (κ1) is 21.9. The maximum Gasteiger partial charge on any atom is 0.161 e. The molecule has 2 atom stereocenters. The van der Waals surface area contributed by atoms with Gasteiger partial charge in [0.15, 0.2) is 11.5 Å². The van der Waals surface area contributed by atoms with Crippen molar-refractivity contribution in [3.63, 3.8) is 0 Å². The highest BCUT2D eigenvalue weighted by molar-refractivity contribution is 5.66. The minimum atomic E-state index is -0.289. The van der Waals surface area contributed by atoms with E-state index in [0.717, 1.165) is 57.0 Å². The number of ether oxygens (including phenoxy) is 3. The van der Waals surface area contributed by atoms with Crippen LogP contribution in [0.2, 0.25) is 0 Å². The number of fused-ring (bicyclic) bond motifs is 1. The lowest BCUT2D eigenvalue weighted by Gasteiger charge is -2.40. The summed E-state index contributed by atoms with van der Waals surface area (Å²) in [7, 11) is 3.39. The predicted molar refractivity (Wildman–Crippen MR) is 126 cm³/mol. The Bertz CT molecular complexity index is 924. The molecule has 0 saturated carbocycles. The van der Waals surface area contributed by atoms with Crippen LogP contribution in [-0.4, -0.2) is 45.4 Å². The van der Waals surface area contributed by atoms with Gasteiger partial charge in [-0.1, -0.05) is 43.3 Å². The van der Waals surface area contributed by atoms with Crippen molar-refractivity contribution in [3.05, 3.63) is 65.2 Å². The summed E-state index contributed by atoms with van der Waals surface area (Å²) < 4.78 is 17.5. The summed E-state index contributed by atoms with van der Waals surface area (Å²) in [6.45, 7) is 8.43. The summed E-state index contributed by atoms with van der Waals surface area (Å²) in [4.78, 5) is 2.55. The van der Waals surface area contributed by atoms with Crippen molar-refractivity contribution < 1.29 is 14.2 Å². The highest BCUT2D eigenvalue weighted by Crippen LogP contribution is 2.45. The van der Waals surface area contributed by atoms with Gasteiger partial charge in [-0.2, -0.15) is 0 Å². The highest BCUT2D eigenvalue weighted by Gasteiger charge is 2.37. The van der Waals surface area contributed by atoms with Gasteiger partial charge in [-0.25, -0.2) is 0 Å². The quantitative estimate of drug-likeness (QED) is 0.580. The van der Waals surface area contributed by atoms with Crippen LogP contribution in [-0.2, 0) is 10.3 Å². The maximum absolute atomic E-state index is 6.41. The molecule has 0 aliphatic carbocycles. The molecule has 4 rings (SSSR count). The summed E-state index contributed by atoms with van der Waals surface area (Å²) in [6, 6.07) is 15.0. The minimum absolute atomic E-state index is 0.289. The average molecular weight is 422 g/mol. The molecule has 0 bridgehead atoms. The van der Waals surface area contributed by atoms with E-state index in [9.17, 15) is 0 Å². The number of methoxy groups -OCH3 is 2. The number of nitrogens with zero attached hydrogens (tertiary/aromatic N) is 1. The van der Waals surface area contributed by atoms with Crippen LogP contribution >= 0.6 is 0 Å².